The minimum atomic E-state index is -0.589. The van der Waals surface area contributed by atoms with Crippen LogP contribution in [0, 0.1) is 0 Å². The minimum Gasteiger partial charge on any atom is -0.366 e. The highest BCUT2D eigenvalue weighted by Crippen LogP contribution is 2.30. The summed E-state index contributed by atoms with van der Waals surface area (Å²) in [5, 5.41) is 0. The van der Waals surface area contributed by atoms with E-state index in [4.69, 9.17) is 5.73 Å². The van der Waals surface area contributed by atoms with Crippen LogP contribution in [-0.4, -0.2) is 16.4 Å². The number of anilines is 2. The van der Waals surface area contributed by atoms with Gasteiger partial charge in [-0.25, -0.2) is 0 Å². The van der Waals surface area contributed by atoms with Crippen LogP contribution < -0.4 is 10.6 Å². The van der Waals surface area contributed by atoms with Crippen molar-refractivity contribution in [3.63, 3.8) is 0 Å². The summed E-state index contributed by atoms with van der Waals surface area (Å²) in [6.07, 6.45) is 3.57. The van der Waals surface area contributed by atoms with Gasteiger partial charge in [0.25, 0.3) is 11.8 Å². The lowest BCUT2D eigenvalue weighted by Crippen LogP contribution is -2.28. The Morgan fingerprint density at radius 3 is 1.69 bits per heavy atom. The number of para-hydroxylation sites is 3. The molecule has 2 amide bonds. The van der Waals surface area contributed by atoms with Gasteiger partial charge in [-0.3, -0.25) is 14.5 Å². The van der Waals surface area contributed by atoms with Crippen LogP contribution in [0.3, 0.4) is 0 Å². The SMILES string of the molecule is NC(=O)c1cccc(C(=O)N(c2ccccc2)c2ccccc2)c1-n1cccc1. The first-order valence-corrected chi connectivity index (χ1v) is 9.17. The Kier molecular flexibility index (Phi) is 4.95. The molecule has 0 aliphatic carbocycles. The molecule has 0 bridgehead atoms. The lowest BCUT2D eigenvalue weighted by Gasteiger charge is -2.25. The van der Waals surface area contributed by atoms with Gasteiger partial charge in [0.15, 0.2) is 0 Å². The highest BCUT2D eigenvalue weighted by atomic mass is 16.2. The van der Waals surface area contributed by atoms with Gasteiger partial charge in [0, 0.05) is 23.8 Å². The molecule has 5 nitrogen and oxygen atoms in total. The summed E-state index contributed by atoms with van der Waals surface area (Å²) in [5.41, 5.74) is 8.20. The first-order valence-electron chi connectivity index (χ1n) is 9.17. The molecule has 0 aliphatic rings. The van der Waals surface area contributed by atoms with Crippen molar-refractivity contribution < 1.29 is 9.59 Å². The highest BCUT2D eigenvalue weighted by molar-refractivity contribution is 6.14. The quantitative estimate of drug-likeness (QED) is 0.551. The topological polar surface area (TPSA) is 68.3 Å². The molecule has 0 spiro atoms. The third-order valence-corrected chi connectivity index (χ3v) is 4.63. The Morgan fingerprint density at radius 2 is 1.17 bits per heavy atom. The molecular weight excluding hydrogens is 362 g/mol. The van der Waals surface area contributed by atoms with E-state index in [0.29, 0.717) is 11.3 Å². The van der Waals surface area contributed by atoms with Crippen molar-refractivity contribution in [3.05, 3.63) is 115 Å². The van der Waals surface area contributed by atoms with Crippen LogP contribution in [0.1, 0.15) is 20.7 Å². The van der Waals surface area contributed by atoms with E-state index in [-0.39, 0.29) is 11.5 Å². The molecule has 5 heteroatoms. The van der Waals surface area contributed by atoms with Crippen molar-refractivity contribution in [1.82, 2.24) is 4.57 Å². The maximum atomic E-state index is 13.8. The number of aromatic nitrogens is 1. The van der Waals surface area contributed by atoms with E-state index in [1.807, 2.05) is 72.8 Å². The fraction of sp³-hybridized carbons (Fsp3) is 0. The predicted octanol–water partition coefficient (Wildman–Crippen LogP) is 4.55. The number of primary amides is 1. The molecule has 4 aromatic rings. The molecule has 0 fully saturated rings. The number of rotatable bonds is 5. The Hall–Kier alpha value is -4.12. The zero-order chi connectivity index (χ0) is 20.2. The van der Waals surface area contributed by atoms with Gasteiger partial charge in [-0.1, -0.05) is 42.5 Å². The molecule has 1 aromatic heterocycles. The van der Waals surface area contributed by atoms with Crippen LogP contribution in [0.25, 0.3) is 5.69 Å². The summed E-state index contributed by atoms with van der Waals surface area (Å²) >= 11 is 0. The van der Waals surface area contributed by atoms with Crippen molar-refractivity contribution in [2.45, 2.75) is 0 Å². The number of hydrogen-bond donors (Lipinski definition) is 1. The second-order valence-corrected chi connectivity index (χ2v) is 6.47. The second-order valence-electron chi connectivity index (χ2n) is 6.47. The largest absolute Gasteiger partial charge is 0.366 e. The first kappa shape index (κ1) is 18.3. The number of nitrogens with zero attached hydrogens (tertiary/aromatic N) is 2. The van der Waals surface area contributed by atoms with E-state index in [1.54, 1.807) is 40.1 Å². The molecule has 0 saturated carbocycles. The van der Waals surface area contributed by atoms with Gasteiger partial charge in [-0.15, -0.1) is 0 Å². The zero-order valence-electron chi connectivity index (χ0n) is 15.6. The summed E-state index contributed by atoms with van der Waals surface area (Å²) in [4.78, 5) is 27.5. The standard InChI is InChI=1S/C24H19N3O2/c25-23(28)20-14-9-15-21(22(20)26-16-7-8-17-26)24(29)27(18-10-3-1-4-11-18)19-12-5-2-6-13-19/h1-17H,(H2,25,28). The fourth-order valence-electron chi connectivity index (χ4n) is 3.33. The van der Waals surface area contributed by atoms with Crippen molar-refractivity contribution in [3.8, 4) is 5.69 Å². The smallest absolute Gasteiger partial charge is 0.264 e. The summed E-state index contributed by atoms with van der Waals surface area (Å²) in [5.74, 6) is -0.844. The van der Waals surface area contributed by atoms with Crippen molar-refractivity contribution in [2.75, 3.05) is 4.90 Å². The van der Waals surface area contributed by atoms with Gasteiger partial charge in [0.05, 0.1) is 16.8 Å². The number of hydrogen-bond acceptors (Lipinski definition) is 2. The predicted molar refractivity (Wildman–Crippen MR) is 114 cm³/mol. The average Bonchev–Trinajstić information content (AvgIpc) is 3.29. The van der Waals surface area contributed by atoms with Crippen LogP contribution >= 0.6 is 0 Å². The molecule has 142 valence electrons. The number of nitrogens with two attached hydrogens (primary N) is 1. The molecule has 2 N–H and O–H groups in total. The van der Waals surface area contributed by atoms with Gasteiger partial charge in [-0.2, -0.15) is 0 Å². The molecule has 0 atom stereocenters. The summed E-state index contributed by atoms with van der Waals surface area (Å²) < 4.78 is 1.74. The van der Waals surface area contributed by atoms with E-state index in [0.717, 1.165) is 11.4 Å². The molecule has 0 unspecified atom stereocenters. The third-order valence-electron chi connectivity index (χ3n) is 4.63. The van der Waals surface area contributed by atoms with E-state index in [9.17, 15) is 9.59 Å². The lowest BCUT2D eigenvalue weighted by atomic mass is 10.0. The summed E-state index contributed by atoms with van der Waals surface area (Å²) in [6, 6.07) is 27.5. The monoisotopic (exact) mass is 381 g/mol. The molecule has 0 aliphatic heterocycles. The highest BCUT2D eigenvalue weighted by Gasteiger charge is 2.25. The van der Waals surface area contributed by atoms with Gasteiger partial charge < -0.3 is 10.3 Å². The van der Waals surface area contributed by atoms with Crippen LogP contribution in [0.5, 0.6) is 0 Å². The molecule has 1 heterocycles. The minimum absolute atomic E-state index is 0.255. The first-order chi connectivity index (χ1) is 14.2. The summed E-state index contributed by atoms with van der Waals surface area (Å²) in [7, 11) is 0. The van der Waals surface area contributed by atoms with E-state index < -0.39 is 5.91 Å². The molecular formula is C24H19N3O2. The van der Waals surface area contributed by atoms with Crippen molar-refractivity contribution in [1.29, 1.82) is 0 Å². The maximum Gasteiger partial charge on any atom is 0.264 e. The molecule has 3 aromatic carbocycles. The van der Waals surface area contributed by atoms with Gasteiger partial charge in [-0.05, 0) is 48.5 Å². The molecule has 29 heavy (non-hydrogen) atoms. The van der Waals surface area contributed by atoms with Gasteiger partial charge in [0.2, 0.25) is 0 Å². The normalized spacial score (nSPS) is 10.5. The van der Waals surface area contributed by atoms with Crippen LogP contribution in [0.2, 0.25) is 0 Å². The molecule has 4 rings (SSSR count). The van der Waals surface area contributed by atoms with Crippen LogP contribution in [-0.2, 0) is 0 Å². The molecule has 0 saturated heterocycles. The number of benzene rings is 3. The number of amides is 2. The molecule has 0 radical (unpaired) electrons. The Labute approximate surface area is 168 Å². The summed E-state index contributed by atoms with van der Waals surface area (Å²) in [6.45, 7) is 0. The van der Waals surface area contributed by atoms with E-state index >= 15 is 0 Å². The van der Waals surface area contributed by atoms with Crippen LogP contribution in [0.4, 0.5) is 11.4 Å². The van der Waals surface area contributed by atoms with E-state index in [2.05, 4.69) is 0 Å². The third kappa shape index (κ3) is 3.53. The Morgan fingerprint density at radius 1 is 0.655 bits per heavy atom. The van der Waals surface area contributed by atoms with Gasteiger partial charge >= 0.3 is 0 Å². The second kappa shape index (κ2) is 7.86. The maximum absolute atomic E-state index is 13.8. The fourth-order valence-corrected chi connectivity index (χ4v) is 3.33. The van der Waals surface area contributed by atoms with Crippen LogP contribution in [0.15, 0.2) is 103 Å². The van der Waals surface area contributed by atoms with Crippen molar-refractivity contribution in [2.24, 2.45) is 5.73 Å². The van der Waals surface area contributed by atoms with E-state index in [1.165, 1.54) is 0 Å². The number of carbonyl (C=O) groups is 2. The zero-order valence-corrected chi connectivity index (χ0v) is 15.6. The van der Waals surface area contributed by atoms with Crippen molar-refractivity contribution >= 4 is 23.2 Å². The Bertz CT molecular complexity index is 1100. The van der Waals surface area contributed by atoms with Gasteiger partial charge in [0.1, 0.15) is 0 Å². The lowest BCUT2D eigenvalue weighted by molar-refractivity contribution is 0.0998. The average molecular weight is 381 g/mol. The number of carbonyl (C=O) groups excluding carboxylic acids is 2. The Balaban J connectivity index is 1.92.